The molecule has 0 saturated carbocycles. The molecule has 0 unspecified atom stereocenters. The van der Waals surface area contributed by atoms with Crippen molar-refractivity contribution in [2.24, 2.45) is 0 Å². The van der Waals surface area contributed by atoms with Crippen LogP contribution in [0.5, 0.6) is 17.4 Å². The average molecular weight is 605 g/mol. The number of alkyl halides is 3. The smallest absolute Gasteiger partial charge is 0.417 e. The minimum atomic E-state index is -4.66. The number of benzene rings is 2. The number of methoxy groups -OCH3 is 1. The van der Waals surface area contributed by atoms with E-state index >= 15 is 0 Å². The molecule has 0 aliphatic carbocycles. The third-order valence-electron chi connectivity index (χ3n) is 4.95. The summed E-state index contributed by atoms with van der Waals surface area (Å²) in [6.07, 6.45) is -2.78. The molecule has 208 valence electrons. The monoisotopic (exact) mass is 604 g/mol. The van der Waals surface area contributed by atoms with Gasteiger partial charge in [-0.2, -0.15) is 13.2 Å². The molecule has 3 aromatic rings. The van der Waals surface area contributed by atoms with Crippen LogP contribution in [0.4, 0.5) is 13.2 Å². The number of hydrogen-bond donors (Lipinski definition) is 1. The number of sulfonamides is 1. The van der Waals surface area contributed by atoms with Crippen LogP contribution in [0.25, 0.3) is 6.08 Å². The number of hydrogen-bond acceptors (Lipinski definition) is 7. The van der Waals surface area contributed by atoms with E-state index in [9.17, 15) is 26.4 Å². The molecule has 0 bridgehead atoms. The third kappa shape index (κ3) is 8.33. The van der Waals surface area contributed by atoms with Crippen molar-refractivity contribution in [2.45, 2.75) is 18.0 Å². The number of aromatic nitrogens is 1. The molecule has 39 heavy (non-hydrogen) atoms. The summed E-state index contributed by atoms with van der Waals surface area (Å²) in [6.45, 7) is 1.83. The van der Waals surface area contributed by atoms with E-state index in [1.807, 2.05) is 4.72 Å². The van der Waals surface area contributed by atoms with Crippen LogP contribution in [0.3, 0.4) is 0 Å². The number of carbonyl (C=O) groups excluding carboxylic acids is 1. The molecule has 0 aliphatic rings. The summed E-state index contributed by atoms with van der Waals surface area (Å²) in [6, 6.07) is 10.5. The second-order valence-electron chi connectivity index (χ2n) is 7.87. The minimum Gasteiger partial charge on any atom is -0.491 e. The van der Waals surface area contributed by atoms with E-state index in [1.165, 1.54) is 56.5 Å². The van der Waals surface area contributed by atoms with Gasteiger partial charge in [0.25, 0.3) is 15.9 Å². The summed E-state index contributed by atoms with van der Waals surface area (Å²) in [4.78, 5) is 16.2. The molecule has 2 aromatic carbocycles. The van der Waals surface area contributed by atoms with Gasteiger partial charge in [-0.1, -0.05) is 29.3 Å². The number of nitrogens with one attached hydrogen (secondary N) is 1. The van der Waals surface area contributed by atoms with Crippen molar-refractivity contribution in [1.29, 1.82) is 0 Å². The lowest BCUT2D eigenvalue weighted by Gasteiger charge is -2.14. The summed E-state index contributed by atoms with van der Waals surface area (Å²) < 4.78 is 82.3. The standard InChI is InChI=1S/C25H21Cl2F3N2O6S/c1-15(23(33)32-39(34,35)20-5-3-4-18(26)12-20)10-16-6-7-19(37-9-8-36-2)13-22(16)38-24-21(27)11-17(14-31-24)25(28,29)30/h3-7,10-14H,8-9H2,1-2H3,(H,32,33). The Hall–Kier alpha value is -3.32. The molecule has 0 fully saturated rings. The highest BCUT2D eigenvalue weighted by Crippen LogP contribution is 2.37. The normalized spacial score (nSPS) is 12.2. The first-order chi connectivity index (χ1) is 18.3. The van der Waals surface area contributed by atoms with Crippen molar-refractivity contribution in [3.05, 3.63) is 81.5 Å². The zero-order valence-electron chi connectivity index (χ0n) is 20.4. The fourth-order valence-electron chi connectivity index (χ4n) is 3.01. The molecule has 0 saturated heterocycles. The highest BCUT2D eigenvalue weighted by Gasteiger charge is 2.32. The molecule has 1 N–H and O–H groups in total. The SMILES string of the molecule is COCCOc1ccc(C=C(C)C(=O)NS(=O)(=O)c2cccc(Cl)c2)c(Oc2ncc(C(F)(F)F)cc2Cl)c1. The predicted molar refractivity (Wildman–Crippen MR) is 139 cm³/mol. The van der Waals surface area contributed by atoms with E-state index in [4.69, 9.17) is 37.4 Å². The molecule has 1 heterocycles. The maximum absolute atomic E-state index is 13.0. The summed E-state index contributed by atoms with van der Waals surface area (Å²) >= 11 is 11.8. The number of amides is 1. The molecular weight excluding hydrogens is 584 g/mol. The molecule has 3 rings (SSSR count). The number of rotatable bonds is 10. The first-order valence-corrected chi connectivity index (χ1v) is 13.2. The highest BCUT2D eigenvalue weighted by atomic mass is 35.5. The van der Waals surface area contributed by atoms with Crippen LogP contribution >= 0.6 is 23.2 Å². The van der Waals surface area contributed by atoms with Crippen LogP contribution in [0.2, 0.25) is 10.0 Å². The Morgan fingerprint density at radius 3 is 2.49 bits per heavy atom. The Labute approximate surface area is 232 Å². The van der Waals surface area contributed by atoms with Crippen molar-refractivity contribution >= 4 is 45.2 Å². The second kappa shape index (κ2) is 12.7. The van der Waals surface area contributed by atoms with Gasteiger partial charge >= 0.3 is 6.18 Å². The molecule has 0 atom stereocenters. The van der Waals surface area contributed by atoms with Crippen molar-refractivity contribution in [2.75, 3.05) is 20.3 Å². The van der Waals surface area contributed by atoms with Crippen molar-refractivity contribution in [3.8, 4) is 17.4 Å². The van der Waals surface area contributed by atoms with Gasteiger partial charge in [-0.15, -0.1) is 0 Å². The van der Waals surface area contributed by atoms with Crippen LogP contribution in [0.15, 0.2) is 65.2 Å². The Morgan fingerprint density at radius 2 is 1.85 bits per heavy atom. The maximum Gasteiger partial charge on any atom is 0.417 e. The minimum absolute atomic E-state index is 0.0175. The first-order valence-electron chi connectivity index (χ1n) is 11.0. The largest absolute Gasteiger partial charge is 0.491 e. The van der Waals surface area contributed by atoms with E-state index in [0.717, 1.165) is 0 Å². The number of pyridine rings is 1. The van der Waals surface area contributed by atoms with Crippen molar-refractivity contribution in [1.82, 2.24) is 9.71 Å². The quantitative estimate of drug-likeness (QED) is 0.219. The lowest BCUT2D eigenvalue weighted by atomic mass is 10.1. The van der Waals surface area contributed by atoms with Gasteiger partial charge in [0.1, 0.15) is 23.1 Å². The molecule has 1 aromatic heterocycles. The molecule has 0 radical (unpaired) electrons. The molecule has 0 spiro atoms. The topological polar surface area (TPSA) is 104 Å². The van der Waals surface area contributed by atoms with Crippen LogP contribution in [-0.2, 0) is 25.7 Å². The Kier molecular flexibility index (Phi) is 9.83. The lowest BCUT2D eigenvalue weighted by Crippen LogP contribution is -2.31. The summed E-state index contributed by atoms with van der Waals surface area (Å²) in [5.41, 5.74) is -0.852. The van der Waals surface area contributed by atoms with Crippen LogP contribution in [0, 0.1) is 0 Å². The van der Waals surface area contributed by atoms with E-state index in [2.05, 4.69) is 4.98 Å². The fourth-order valence-corrected chi connectivity index (χ4v) is 4.53. The van der Waals surface area contributed by atoms with Gasteiger partial charge in [0.2, 0.25) is 5.88 Å². The number of carbonyl (C=O) groups is 1. The van der Waals surface area contributed by atoms with Crippen LogP contribution in [-0.4, -0.2) is 39.6 Å². The first kappa shape index (κ1) is 30.2. The van der Waals surface area contributed by atoms with Crippen molar-refractivity contribution in [3.63, 3.8) is 0 Å². The Morgan fingerprint density at radius 1 is 1.10 bits per heavy atom. The highest BCUT2D eigenvalue weighted by molar-refractivity contribution is 7.90. The predicted octanol–water partition coefficient (Wildman–Crippen LogP) is 6.13. The lowest BCUT2D eigenvalue weighted by molar-refractivity contribution is -0.137. The van der Waals surface area contributed by atoms with E-state index in [-0.39, 0.29) is 45.9 Å². The van der Waals surface area contributed by atoms with Gasteiger partial charge in [0.05, 0.1) is 17.1 Å². The Balaban J connectivity index is 1.93. The number of ether oxygens (including phenoxy) is 3. The number of nitrogens with zero attached hydrogens (tertiary/aromatic N) is 1. The summed E-state index contributed by atoms with van der Waals surface area (Å²) in [5.74, 6) is -0.942. The van der Waals surface area contributed by atoms with Gasteiger partial charge in [-0.25, -0.2) is 18.1 Å². The number of halogens is 5. The Bertz CT molecular complexity index is 1500. The van der Waals surface area contributed by atoms with Crippen LogP contribution < -0.4 is 14.2 Å². The summed E-state index contributed by atoms with van der Waals surface area (Å²) in [5, 5.41) is -0.240. The zero-order chi connectivity index (χ0) is 28.8. The fraction of sp³-hybridized carbons (Fsp3) is 0.200. The molecular formula is C25H21Cl2F3N2O6S. The molecule has 8 nitrogen and oxygen atoms in total. The van der Waals surface area contributed by atoms with Gasteiger partial charge in [-0.05, 0) is 49.4 Å². The molecule has 14 heteroatoms. The van der Waals surface area contributed by atoms with Crippen LogP contribution in [0.1, 0.15) is 18.1 Å². The summed E-state index contributed by atoms with van der Waals surface area (Å²) in [7, 11) is -2.74. The third-order valence-corrected chi connectivity index (χ3v) is 6.78. The molecule has 0 aliphatic heterocycles. The van der Waals surface area contributed by atoms with E-state index in [1.54, 1.807) is 6.07 Å². The zero-order valence-corrected chi connectivity index (χ0v) is 22.7. The van der Waals surface area contributed by atoms with Gasteiger partial charge in [0.15, 0.2) is 0 Å². The second-order valence-corrected chi connectivity index (χ2v) is 10.4. The van der Waals surface area contributed by atoms with E-state index < -0.39 is 32.7 Å². The van der Waals surface area contributed by atoms with Gasteiger partial charge in [-0.3, -0.25) is 4.79 Å². The van der Waals surface area contributed by atoms with Gasteiger partial charge in [0, 0.05) is 35.5 Å². The average Bonchev–Trinajstić information content (AvgIpc) is 2.86. The van der Waals surface area contributed by atoms with Crippen molar-refractivity contribution < 1.29 is 40.6 Å². The van der Waals surface area contributed by atoms with E-state index in [0.29, 0.717) is 18.0 Å². The van der Waals surface area contributed by atoms with Gasteiger partial charge < -0.3 is 14.2 Å². The molecule has 1 amide bonds. The maximum atomic E-state index is 13.0.